The Morgan fingerprint density at radius 1 is 1.02 bits per heavy atom. The highest BCUT2D eigenvalue weighted by Gasteiger charge is 2.30. The van der Waals surface area contributed by atoms with Crippen molar-refractivity contribution in [3.05, 3.63) is 86.5 Å². The fraction of sp³-hybridized carbons (Fsp3) is 0.429. The molecule has 0 spiro atoms. The summed E-state index contributed by atoms with van der Waals surface area (Å²) in [6.45, 7) is 11.9. The van der Waals surface area contributed by atoms with E-state index in [2.05, 4.69) is 21.3 Å². The van der Waals surface area contributed by atoms with E-state index in [1.807, 2.05) is 77.1 Å². The molecule has 1 atom stereocenters. The number of fused-ring (bicyclic) bond motifs is 1. The van der Waals surface area contributed by atoms with Gasteiger partial charge in [-0.3, -0.25) is 14.7 Å². The molecule has 1 saturated heterocycles. The number of rotatable bonds is 11. The zero-order valence-electron chi connectivity index (χ0n) is 32.1. The van der Waals surface area contributed by atoms with Gasteiger partial charge >= 0.3 is 6.09 Å². The molecule has 2 aromatic heterocycles. The second-order valence-electron chi connectivity index (χ2n) is 15.9. The Morgan fingerprint density at radius 2 is 1.76 bits per heavy atom. The normalized spacial score (nSPS) is 16.1. The van der Waals surface area contributed by atoms with Crippen LogP contribution in [-0.4, -0.2) is 80.9 Å². The van der Waals surface area contributed by atoms with Gasteiger partial charge in [-0.15, -0.1) is 0 Å². The Kier molecular flexibility index (Phi) is 12.3. The number of carbonyl (C=O) groups is 2. The predicted octanol–water partition coefficient (Wildman–Crippen LogP) is 8.98. The molecule has 13 heteroatoms. The van der Waals surface area contributed by atoms with Gasteiger partial charge < -0.3 is 24.8 Å². The lowest BCUT2D eigenvalue weighted by atomic mass is 9.94. The lowest BCUT2D eigenvalue weighted by Gasteiger charge is -2.31. The SMILES string of the molecule is COc1nc(-c2cccc(-c3ccnc(-c4cc(Cl)c5c(c4)CCN(CCC(C)(C)O)C5)c3Cl)c2Cl)ccc1CN(C[C@@H]1CCC(=O)N1)C(=O)OC(C)(C)C. The fourth-order valence-electron chi connectivity index (χ4n) is 6.96. The Morgan fingerprint density at radius 3 is 2.45 bits per heavy atom. The molecule has 10 nitrogen and oxygen atoms in total. The summed E-state index contributed by atoms with van der Waals surface area (Å²) in [5.74, 6) is 0.299. The van der Waals surface area contributed by atoms with E-state index in [1.54, 1.807) is 11.1 Å². The molecule has 0 aliphatic carbocycles. The zero-order chi connectivity index (χ0) is 39.7. The van der Waals surface area contributed by atoms with E-state index in [0.29, 0.717) is 73.9 Å². The van der Waals surface area contributed by atoms with Crippen LogP contribution in [0.25, 0.3) is 33.6 Å². The first-order chi connectivity index (χ1) is 26.0. The van der Waals surface area contributed by atoms with Gasteiger partial charge in [0.05, 0.1) is 40.7 Å². The molecule has 292 valence electrons. The minimum atomic E-state index is -0.720. The van der Waals surface area contributed by atoms with Crippen LogP contribution in [0, 0.1) is 0 Å². The minimum Gasteiger partial charge on any atom is -0.481 e. The van der Waals surface area contributed by atoms with E-state index in [-0.39, 0.29) is 25.0 Å². The number of benzene rings is 2. The van der Waals surface area contributed by atoms with Crippen LogP contribution >= 0.6 is 34.8 Å². The number of carbonyl (C=O) groups excluding carboxylic acids is 2. The third-order valence-electron chi connectivity index (χ3n) is 9.81. The molecule has 55 heavy (non-hydrogen) atoms. The molecule has 2 N–H and O–H groups in total. The Bertz CT molecular complexity index is 2080. The first kappa shape index (κ1) is 40.7. The maximum atomic E-state index is 13.3. The molecule has 4 heterocycles. The van der Waals surface area contributed by atoms with Gasteiger partial charge in [0.25, 0.3) is 0 Å². The number of hydrogen-bond acceptors (Lipinski definition) is 8. The van der Waals surface area contributed by atoms with Crippen LogP contribution in [0.15, 0.2) is 54.7 Å². The first-order valence-electron chi connectivity index (χ1n) is 18.5. The summed E-state index contributed by atoms with van der Waals surface area (Å²) in [6, 6.07) is 15.1. The summed E-state index contributed by atoms with van der Waals surface area (Å²) in [5, 5.41) is 14.7. The van der Waals surface area contributed by atoms with Crippen LogP contribution in [0.2, 0.25) is 15.1 Å². The van der Waals surface area contributed by atoms with Crippen LogP contribution < -0.4 is 10.1 Å². The molecule has 6 rings (SSSR count). The second kappa shape index (κ2) is 16.7. The van der Waals surface area contributed by atoms with Gasteiger partial charge in [0.2, 0.25) is 11.8 Å². The van der Waals surface area contributed by atoms with Crippen molar-refractivity contribution in [1.29, 1.82) is 0 Å². The third-order valence-corrected chi connectivity index (χ3v) is 10.9. The molecule has 2 aliphatic rings. The second-order valence-corrected chi connectivity index (χ2v) is 17.1. The molecule has 2 aromatic carbocycles. The Balaban J connectivity index is 1.26. The Hall–Kier alpha value is -3.93. The van der Waals surface area contributed by atoms with Crippen molar-refractivity contribution in [2.75, 3.05) is 26.7 Å². The van der Waals surface area contributed by atoms with Crippen molar-refractivity contribution in [2.24, 2.45) is 0 Å². The standard InChI is InChI=1S/C42H48Cl3N5O5/c1-41(2,3)55-40(52)50(23-28-11-13-35(51)47-28)22-26-10-12-34(48-39(26)54-6)31-9-7-8-29(36(31)44)30-14-17-46-38(37(30)45)27-20-25-15-18-49(19-16-42(4,5)53)24-32(25)33(43)21-27/h7-10,12,14,17,20-21,28,53H,11,13,15-16,18-19,22-24H2,1-6H3,(H,47,51)/t28-/m0/s1. The molecule has 4 aromatic rings. The van der Waals surface area contributed by atoms with Crippen molar-refractivity contribution < 1.29 is 24.2 Å². The van der Waals surface area contributed by atoms with E-state index in [1.165, 1.54) is 7.11 Å². The van der Waals surface area contributed by atoms with Crippen molar-refractivity contribution in [3.63, 3.8) is 0 Å². The quantitative estimate of drug-likeness (QED) is 0.154. The first-order valence-corrected chi connectivity index (χ1v) is 19.6. The number of aromatic nitrogens is 2. The topological polar surface area (TPSA) is 117 Å². The number of amides is 2. The van der Waals surface area contributed by atoms with Crippen LogP contribution in [0.3, 0.4) is 0 Å². The van der Waals surface area contributed by atoms with Crippen LogP contribution in [0.1, 0.15) is 70.6 Å². The molecular weight excluding hydrogens is 761 g/mol. The van der Waals surface area contributed by atoms with E-state index >= 15 is 0 Å². The molecule has 0 bridgehead atoms. The van der Waals surface area contributed by atoms with Crippen molar-refractivity contribution in [2.45, 2.75) is 90.6 Å². The molecule has 0 saturated carbocycles. The average Bonchev–Trinajstić information content (AvgIpc) is 3.54. The van der Waals surface area contributed by atoms with Crippen molar-refractivity contribution in [3.8, 4) is 39.5 Å². The molecule has 2 aliphatic heterocycles. The fourth-order valence-corrected chi connectivity index (χ4v) is 7.90. The van der Waals surface area contributed by atoms with Gasteiger partial charge in [-0.25, -0.2) is 9.78 Å². The highest BCUT2D eigenvalue weighted by atomic mass is 35.5. The number of nitrogens with zero attached hydrogens (tertiary/aromatic N) is 4. The minimum absolute atomic E-state index is 0.0311. The summed E-state index contributed by atoms with van der Waals surface area (Å²) in [6.07, 6.45) is 3.79. The number of nitrogens with one attached hydrogen (secondary N) is 1. The average molecular weight is 809 g/mol. The number of hydrogen-bond donors (Lipinski definition) is 2. The van der Waals surface area contributed by atoms with Crippen molar-refractivity contribution in [1.82, 2.24) is 25.1 Å². The Labute approximate surface area is 338 Å². The van der Waals surface area contributed by atoms with E-state index < -0.39 is 17.3 Å². The van der Waals surface area contributed by atoms with Gasteiger partial charge in [-0.05, 0) is 95.3 Å². The molecular formula is C42H48Cl3N5O5. The highest BCUT2D eigenvalue weighted by Crippen LogP contribution is 2.43. The summed E-state index contributed by atoms with van der Waals surface area (Å²) < 4.78 is 11.4. The summed E-state index contributed by atoms with van der Waals surface area (Å²) in [4.78, 5) is 38.6. The van der Waals surface area contributed by atoms with E-state index in [0.717, 1.165) is 42.7 Å². The number of halogens is 3. The monoisotopic (exact) mass is 807 g/mol. The van der Waals surface area contributed by atoms with Gasteiger partial charge in [0.15, 0.2) is 0 Å². The number of ether oxygens (including phenoxy) is 2. The smallest absolute Gasteiger partial charge is 0.410 e. The van der Waals surface area contributed by atoms with Gasteiger partial charge in [-0.2, -0.15) is 0 Å². The maximum absolute atomic E-state index is 13.3. The summed E-state index contributed by atoms with van der Waals surface area (Å²) >= 11 is 21.2. The lowest BCUT2D eigenvalue weighted by Crippen LogP contribution is -2.43. The highest BCUT2D eigenvalue weighted by molar-refractivity contribution is 6.39. The molecule has 0 unspecified atom stereocenters. The zero-order valence-corrected chi connectivity index (χ0v) is 34.4. The molecule has 2 amide bonds. The largest absolute Gasteiger partial charge is 0.481 e. The molecule has 1 fully saturated rings. The van der Waals surface area contributed by atoms with Crippen LogP contribution in [0.5, 0.6) is 5.88 Å². The number of pyridine rings is 2. The third kappa shape index (κ3) is 9.91. The van der Waals surface area contributed by atoms with Gasteiger partial charge in [0.1, 0.15) is 5.60 Å². The van der Waals surface area contributed by atoms with Crippen molar-refractivity contribution >= 4 is 46.8 Å². The summed E-state index contributed by atoms with van der Waals surface area (Å²) in [5.41, 5.74) is 5.58. The number of aliphatic hydroxyl groups is 1. The maximum Gasteiger partial charge on any atom is 0.410 e. The van der Waals surface area contributed by atoms with Gasteiger partial charge in [-0.1, -0.05) is 53.0 Å². The van der Waals surface area contributed by atoms with Gasteiger partial charge in [0, 0.05) is 77.7 Å². The van der Waals surface area contributed by atoms with E-state index in [9.17, 15) is 14.7 Å². The molecule has 0 radical (unpaired) electrons. The number of methoxy groups -OCH3 is 1. The van der Waals surface area contributed by atoms with Crippen LogP contribution in [0.4, 0.5) is 4.79 Å². The lowest BCUT2D eigenvalue weighted by molar-refractivity contribution is -0.119. The predicted molar refractivity (Wildman–Crippen MR) is 218 cm³/mol. The van der Waals surface area contributed by atoms with E-state index in [4.69, 9.17) is 49.3 Å². The van der Waals surface area contributed by atoms with Crippen LogP contribution in [-0.2, 0) is 29.0 Å². The summed E-state index contributed by atoms with van der Waals surface area (Å²) in [7, 11) is 1.53.